The van der Waals surface area contributed by atoms with Crippen molar-refractivity contribution >= 4 is 23.4 Å². The van der Waals surface area contributed by atoms with E-state index in [1.165, 1.54) is 18.2 Å². The Labute approximate surface area is 186 Å². The average Bonchev–Trinajstić information content (AvgIpc) is 2.64. The van der Waals surface area contributed by atoms with Gasteiger partial charge in [0.25, 0.3) is 0 Å². The van der Waals surface area contributed by atoms with E-state index in [1.54, 1.807) is 13.8 Å². The van der Waals surface area contributed by atoms with Crippen LogP contribution in [0, 0.1) is 40.4 Å². The van der Waals surface area contributed by atoms with Crippen molar-refractivity contribution in [2.75, 3.05) is 0 Å². The van der Waals surface area contributed by atoms with Gasteiger partial charge in [0.2, 0.25) is 6.19 Å². The Bertz CT molecular complexity index is 942. The van der Waals surface area contributed by atoms with Gasteiger partial charge in [-0.15, -0.1) is 0 Å². The number of ether oxygens (including phenoxy) is 1. The van der Waals surface area contributed by atoms with Gasteiger partial charge in [0.05, 0.1) is 11.4 Å². The van der Waals surface area contributed by atoms with Crippen LogP contribution in [0.15, 0.2) is 23.2 Å². The Balaban J connectivity index is 1.53. The molecule has 6 nitrogen and oxygen atoms in total. The van der Waals surface area contributed by atoms with Crippen LogP contribution in [-0.4, -0.2) is 28.6 Å². The first-order valence-corrected chi connectivity index (χ1v) is 11.1. The van der Waals surface area contributed by atoms with Gasteiger partial charge in [0.15, 0.2) is 11.4 Å². The van der Waals surface area contributed by atoms with Crippen LogP contribution in [0.5, 0.6) is 5.75 Å². The average molecular weight is 448 g/mol. The molecule has 2 N–H and O–H groups in total. The minimum absolute atomic E-state index is 0.0965. The summed E-state index contributed by atoms with van der Waals surface area (Å²) in [6.45, 7) is 3.58. The third kappa shape index (κ3) is 4.36. The number of hydrogen-bond acceptors (Lipinski definition) is 4. The molecule has 0 heterocycles. The molecule has 4 aliphatic rings. The second-order valence-electron chi connectivity index (χ2n) is 9.96. The molecule has 2 atom stereocenters. The van der Waals surface area contributed by atoms with Gasteiger partial charge in [-0.25, -0.2) is 4.39 Å². The van der Waals surface area contributed by atoms with E-state index in [-0.39, 0.29) is 22.9 Å². The maximum Gasteiger partial charge on any atom is 0.303 e. The number of benzene rings is 1. The lowest BCUT2D eigenvalue weighted by Crippen LogP contribution is -2.62. The standard InChI is InChI=1S/C23H27ClFN3O3/c1-22(2,31-18-4-3-16(25)7-17(18)24)21(27-12-26)28-20-14-5-13-6-15(20)10-23(8-13,9-14)11-19(29)30/h3-4,7,13-15,20H,5-6,8-11H2,1-2H3,(H,27,28)(H,29,30). The van der Waals surface area contributed by atoms with Crippen LogP contribution in [0.25, 0.3) is 0 Å². The lowest BCUT2D eigenvalue weighted by Gasteiger charge is -2.60. The topological polar surface area (TPSA) is 94.7 Å². The predicted molar refractivity (Wildman–Crippen MR) is 114 cm³/mol. The molecule has 1 aromatic carbocycles. The van der Waals surface area contributed by atoms with E-state index in [1.807, 2.05) is 6.19 Å². The maximum atomic E-state index is 13.4. The summed E-state index contributed by atoms with van der Waals surface area (Å²) in [4.78, 5) is 15.5. The molecule has 4 aliphatic carbocycles. The minimum Gasteiger partial charge on any atom is -0.481 e. The summed E-state index contributed by atoms with van der Waals surface area (Å²) in [7, 11) is 0. The summed E-state index contributed by atoms with van der Waals surface area (Å²) in [5.41, 5.74) is -1.09. The van der Waals surface area contributed by atoms with Crippen LogP contribution in [0.2, 0.25) is 5.02 Å². The minimum atomic E-state index is -0.995. The first kappa shape index (κ1) is 21.9. The van der Waals surface area contributed by atoms with Gasteiger partial charge >= 0.3 is 5.97 Å². The highest BCUT2D eigenvalue weighted by Crippen LogP contribution is 2.61. The molecule has 4 fully saturated rings. The third-order valence-corrected chi connectivity index (χ3v) is 7.52. The number of carboxylic acids is 1. The molecule has 0 aliphatic heterocycles. The lowest BCUT2D eigenvalue weighted by molar-refractivity contribution is -0.146. The van der Waals surface area contributed by atoms with Crippen molar-refractivity contribution in [1.29, 1.82) is 5.26 Å². The number of carboxylic acid groups (broad SMARTS) is 1. The number of nitrogens with zero attached hydrogens (tertiary/aromatic N) is 2. The summed E-state index contributed by atoms with van der Waals surface area (Å²) >= 11 is 6.13. The van der Waals surface area contributed by atoms with E-state index in [9.17, 15) is 19.6 Å². The van der Waals surface area contributed by atoms with Crippen molar-refractivity contribution in [3.8, 4) is 11.9 Å². The van der Waals surface area contributed by atoms with Crippen molar-refractivity contribution in [2.45, 2.75) is 64.0 Å². The third-order valence-electron chi connectivity index (χ3n) is 7.22. The van der Waals surface area contributed by atoms with Gasteiger partial charge in [-0.2, -0.15) is 10.3 Å². The van der Waals surface area contributed by atoms with Gasteiger partial charge in [0, 0.05) is 6.04 Å². The number of halogens is 2. The summed E-state index contributed by atoms with van der Waals surface area (Å²) in [5.74, 6) is 0.811. The highest BCUT2D eigenvalue weighted by Gasteiger charge is 2.56. The van der Waals surface area contributed by atoms with E-state index in [0.717, 1.165) is 32.1 Å². The fourth-order valence-electron chi connectivity index (χ4n) is 6.40. The number of hydrogen-bond donors (Lipinski definition) is 2. The number of nitrogens with one attached hydrogen (secondary N) is 1. The summed E-state index contributed by atoms with van der Waals surface area (Å²) in [6.07, 6.45) is 7.02. The molecule has 0 radical (unpaired) electrons. The van der Waals surface area contributed by atoms with E-state index >= 15 is 0 Å². The molecule has 31 heavy (non-hydrogen) atoms. The van der Waals surface area contributed by atoms with Crippen LogP contribution in [0.3, 0.4) is 0 Å². The monoisotopic (exact) mass is 447 g/mol. The molecular weight excluding hydrogens is 421 g/mol. The number of nitriles is 1. The highest BCUT2D eigenvalue weighted by atomic mass is 35.5. The van der Waals surface area contributed by atoms with Crippen molar-refractivity contribution < 1.29 is 19.0 Å². The smallest absolute Gasteiger partial charge is 0.303 e. The molecule has 1 aromatic rings. The zero-order valence-electron chi connectivity index (χ0n) is 17.7. The number of aliphatic imine (C=N–C) groups is 1. The molecule has 0 spiro atoms. The summed E-state index contributed by atoms with van der Waals surface area (Å²) in [6, 6.07) is 4.03. The fourth-order valence-corrected chi connectivity index (χ4v) is 6.60. The van der Waals surface area contributed by atoms with Gasteiger partial charge in [-0.05, 0) is 87.3 Å². The number of amidine groups is 1. The molecule has 0 saturated heterocycles. The molecule has 5 rings (SSSR count). The van der Waals surface area contributed by atoms with Crippen LogP contribution >= 0.6 is 11.6 Å². The van der Waals surface area contributed by atoms with Gasteiger partial charge in [0.1, 0.15) is 11.6 Å². The predicted octanol–water partition coefficient (Wildman–Crippen LogP) is 4.78. The maximum absolute atomic E-state index is 13.4. The molecule has 2 unspecified atom stereocenters. The first-order chi connectivity index (χ1) is 14.6. The van der Waals surface area contributed by atoms with E-state index in [0.29, 0.717) is 29.3 Å². The van der Waals surface area contributed by atoms with E-state index in [2.05, 4.69) is 10.3 Å². The molecule has 0 amide bonds. The fraction of sp³-hybridized carbons (Fsp3) is 0.609. The van der Waals surface area contributed by atoms with Crippen LogP contribution < -0.4 is 10.1 Å². The Morgan fingerprint density at radius 2 is 2.06 bits per heavy atom. The zero-order valence-corrected chi connectivity index (χ0v) is 18.5. The molecule has 166 valence electrons. The van der Waals surface area contributed by atoms with E-state index in [4.69, 9.17) is 16.3 Å². The molecule has 4 bridgehead atoms. The Morgan fingerprint density at radius 3 is 2.65 bits per heavy atom. The first-order valence-electron chi connectivity index (χ1n) is 10.7. The Kier molecular flexibility index (Phi) is 5.63. The number of carbonyl (C=O) groups is 1. The molecule has 0 aromatic heterocycles. The largest absolute Gasteiger partial charge is 0.481 e. The van der Waals surface area contributed by atoms with Crippen LogP contribution in [-0.2, 0) is 4.79 Å². The van der Waals surface area contributed by atoms with Crippen molar-refractivity contribution in [2.24, 2.45) is 28.2 Å². The van der Waals surface area contributed by atoms with Crippen molar-refractivity contribution in [1.82, 2.24) is 5.32 Å². The Morgan fingerprint density at radius 1 is 1.39 bits per heavy atom. The van der Waals surface area contributed by atoms with Gasteiger partial charge in [-0.3, -0.25) is 4.79 Å². The molecular formula is C23H27ClFN3O3. The Hall–Kier alpha value is -2.33. The second-order valence-corrected chi connectivity index (χ2v) is 10.4. The van der Waals surface area contributed by atoms with Crippen molar-refractivity contribution in [3.63, 3.8) is 0 Å². The quantitative estimate of drug-likeness (QED) is 0.372. The summed E-state index contributed by atoms with van der Waals surface area (Å²) in [5, 5.41) is 22.4. The lowest BCUT2D eigenvalue weighted by atomic mass is 9.47. The van der Waals surface area contributed by atoms with Crippen molar-refractivity contribution in [3.05, 3.63) is 29.0 Å². The summed E-state index contributed by atoms with van der Waals surface area (Å²) < 4.78 is 19.4. The van der Waals surface area contributed by atoms with Gasteiger partial charge < -0.3 is 15.2 Å². The van der Waals surface area contributed by atoms with Crippen LogP contribution in [0.4, 0.5) is 4.39 Å². The van der Waals surface area contributed by atoms with E-state index < -0.39 is 17.4 Å². The zero-order chi connectivity index (χ0) is 22.4. The SMILES string of the molecule is CC(C)(Oc1ccc(F)cc1Cl)/C(=N/C#N)NC1C2CC3CC1CC(CC(=O)O)(C3)C2. The number of rotatable bonds is 6. The normalized spacial score (nSPS) is 31.9. The van der Waals surface area contributed by atoms with Crippen LogP contribution in [0.1, 0.15) is 52.4 Å². The second kappa shape index (κ2) is 7.98. The molecule has 8 heteroatoms. The highest BCUT2D eigenvalue weighted by molar-refractivity contribution is 6.32. The molecule has 4 saturated carbocycles. The van der Waals surface area contributed by atoms with Gasteiger partial charge in [-0.1, -0.05) is 11.6 Å². The number of aliphatic carboxylic acids is 1.